The third kappa shape index (κ3) is 4.25. The summed E-state index contributed by atoms with van der Waals surface area (Å²) in [6, 6.07) is 0.113. The van der Waals surface area contributed by atoms with Crippen molar-refractivity contribution in [3.63, 3.8) is 0 Å². The number of carbonyl (C=O) groups is 1. The molecule has 84 valence electrons. The maximum atomic E-state index is 11.5. The normalized spacial score (nSPS) is 12.7. The first-order valence-electron chi connectivity index (χ1n) is 5.33. The van der Waals surface area contributed by atoms with Gasteiger partial charge in [0, 0.05) is 44.7 Å². The Hall–Kier alpha value is -1.16. The topological polar surface area (TPSA) is 60.9 Å². The number of aromatic nitrogens is 2. The van der Waals surface area contributed by atoms with Crippen LogP contribution >= 0.6 is 0 Å². The average molecular weight is 209 g/mol. The van der Waals surface area contributed by atoms with Crippen LogP contribution in [0.2, 0.25) is 0 Å². The van der Waals surface area contributed by atoms with Gasteiger partial charge in [-0.3, -0.25) is 4.79 Å². The molecule has 4 heteroatoms. The van der Waals surface area contributed by atoms with E-state index in [2.05, 4.69) is 4.98 Å². The molecule has 1 unspecified atom stereocenters. The second-order valence-electron chi connectivity index (χ2n) is 4.01. The van der Waals surface area contributed by atoms with Crippen LogP contribution in [0.25, 0.3) is 0 Å². The Kier molecular flexibility index (Phi) is 4.49. The minimum atomic E-state index is 0.113. The molecule has 0 aromatic carbocycles. The summed E-state index contributed by atoms with van der Waals surface area (Å²) in [5.74, 6) is 1.24. The van der Waals surface area contributed by atoms with Gasteiger partial charge in [0.15, 0.2) is 0 Å². The van der Waals surface area contributed by atoms with Gasteiger partial charge in [-0.05, 0) is 13.3 Å². The lowest BCUT2D eigenvalue weighted by atomic mass is 10.1. The zero-order valence-electron chi connectivity index (χ0n) is 9.44. The molecule has 0 radical (unpaired) electrons. The van der Waals surface area contributed by atoms with Crippen molar-refractivity contribution in [2.45, 2.75) is 38.6 Å². The molecule has 1 heterocycles. The Labute approximate surface area is 90.5 Å². The van der Waals surface area contributed by atoms with Gasteiger partial charge in [-0.1, -0.05) is 0 Å². The van der Waals surface area contributed by atoms with Crippen molar-refractivity contribution in [3.05, 3.63) is 18.2 Å². The molecule has 1 rings (SSSR count). The monoisotopic (exact) mass is 209 g/mol. The van der Waals surface area contributed by atoms with Gasteiger partial charge >= 0.3 is 0 Å². The number of rotatable bonds is 6. The summed E-state index contributed by atoms with van der Waals surface area (Å²) < 4.78 is 1.94. The molecule has 1 atom stereocenters. The summed E-state index contributed by atoms with van der Waals surface area (Å²) in [4.78, 5) is 15.6. The van der Waals surface area contributed by atoms with Crippen LogP contribution in [-0.4, -0.2) is 21.4 Å². The molecule has 15 heavy (non-hydrogen) atoms. The van der Waals surface area contributed by atoms with Gasteiger partial charge in [-0.2, -0.15) is 0 Å². The summed E-state index contributed by atoms with van der Waals surface area (Å²) >= 11 is 0. The molecule has 1 aromatic heterocycles. The van der Waals surface area contributed by atoms with Crippen molar-refractivity contribution in [1.82, 2.24) is 9.55 Å². The van der Waals surface area contributed by atoms with Crippen LogP contribution in [-0.2, 0) is 18.3 Å². The quantitative estimate of drug-likeness (QED) is 0.761. The fourth-order valence-electron chi connectivity index (χ4n) is 1.40. The second kappa shape index (κ2) is 5.66. The number of nitrogens with zero attached hydrogens (tertiary/aromatic N) is 2. The highest BCUT2D eigenvalue weighted by Gasteiger charge is 2.06. The van der Waals surface area contributed by atoms with E-state index in [1.54, 1.807) is 6.20 Å². The van der Waals surface area contributed by atoms with Crippen molar-refractivity contribution in [2.24, 2.45) is 12.8 Å². The molecule has 0 fully saturated rings. The van der Waals surface area contributed by atoms with Crippen molar-refractivity contribution in [3.8, 4) is 0 Å². The van der Waals surface area contributed by atoms with E-state index in [1.807, 2.05) is 24.7 Å². The lowest BCUT2D eigenvalue weighted by molar-refractivity contribution is -0.119. The minimum Gasteiger partial charge on any atom is -0.338 e. The molecule has 2 N–H and O–H groups in total. The summed E-state index contributed by atoms with van der Waals surface area (Å²) in [6.07, 6.45) is 6.30. The molecule has 0 aliphatic carbocycles. The molecule has 0 aliphatic heterocycles. The lowest BCUT2D eigenvalue weighted by Crippen LogP contribution is -2.16. The summed E-state index contributed by atoms with van der Waals surface area (Å²) in [5, 5.41) is 0. The Balaban J connectivity index is 2.26. The molecule has 0 aliphatic rings. The largest absolute Gasteiger partial charge is 0.338 e. The lowest BCUT2D eigenvalue weighted by Gasteiger charge is -2.04. The van der Waals surface area contributed by atoms with Crippen LogP contribution in [0.4, 0.5) is 0 Å². The van der Waals surface area contributed by atoms with E-state index in [4.69, 9.17) is 5.73 Å². The van der Waals surface area contributed by atoms with Crippen LogP contribution in [0.1, 0.15) is 32.0 Å². The van der Waals surface area contributed by atoms with Gasteiger partial charge in [0.25, 0.3) is 0 Å². The fraction of sp³-hybridized carbons (Fsp3) is 0.636. The first-order valence-corrected chi connectivity index (χ1v) is 5.33. The number of aryl methyl sites for hydroxylation is 2. The van der Waals surface area contributed by atoms with Crippen molar-refractivity contribution in [2.75, 3.05) is 0 Å². The van der Waals surface area contributed by atoms with Gasteiger partial charge in [0.05, 0.1) is 0 Å². The highest BCUT2D eigenvalue weighted by Crippen LogP contribution is 2.03. The van der Waals surface area contributed by atoms with E-state index in [1.165, 1.54) is 0 Å². The molecule has 0 saturated carbocycles. The number of nitrogens with two attached hydrogens (primary N) is 1. The van der Waals surface area contributed by atoms with Crippen LogP contribution < -0.4 is 5.73 Å². The van der Waals surface area contributed by atoms with Crippen LogP contribution in [0, 0.1) is 0 Å². The molecule has 0 saturated heterocycles. The van der Waals surface area contributed by atoms with Crippen molar-refractivity contribution in [1.29, 1.82) is 0 Å². The van der Waals surface area contributed by atoms with Gasteiger partial charge < -0.3 is 10.3 Å². The smallest absolute Gasteiger partial charge is 0.133 e. The SMILES string of the molecule is CC(N)CCC(=O)CCc1nccn1C. The Morgan fingerprint density at radius 2 is 2.33 bits per heavy atom. The highest BCUT2D eigenvalue weighted by atomic mass is 16.1. The van der Waals surface area contributed by atoms with Crippen LogP contribution in [0.15, 0.2) is 12.4 Å². The third-order valence-electron chi connectivity index (χ3n) is 2.43. The van der Waals surface area contributed by atoms with E-state index in [-0.39, 0.29) is 11.8 Å². The molecule has 4 nitrogen and oxygen atoms in total. The highest BCUT2D eigenvalue weighted by molar-refractivity contribution is 5.78. The molecule has 0 bridgehead atoms. The van der Waals surface area contributed by atoms with Gasteiger partial charge in [-0.15, -0.1) is 0 Å². The predicted octanol–water partition coefficient (Wildman–Crippen LogP) is 1.05. The number of hydrogen-bond donors (Lipinski definition) is 1. The fourth-order valence-corrected chi connectivity index (χ4v) is 1.40. The zero-order chi connectivity index (χ0) is 11.3. The molecule has 0 spiro atoms. The maximum absolute atomic E-state index is 11.5. The van der Waals surface area contributed by atoms with Gasteiger partial charge in [0.2, 0.25) is 0 Å². The summed E-state index contributed by atoms with van der Waals surface area (Å²) in [6.45, 7) is 1.92. The Bertz CT molecular complexity index is 317. The van der Waals surface area contributed by atoms with E-state index in [0.29, 0.717) is 12.8 Å². The number of hydrogen-bond acceptors (Lipinski definition) is 3. The van der Waals surface area contributed by atoms with Crippen molar-refractivity contribution < 1.29 is 4.79 Å². The van der Waals surface area contributed by atoms with Gasteiger partial charge in [-0.25, -0.2) is 4.98 Å². The third-order valence-corrected chi connectivity index (χ3v) is 2.43. The van der Waals surface area contributed by atoms with E-state index < -0.39 is 0 Å². The van der Waals surface area contributed by atoms with E-state index >= 15 is 0 Å². The minimum absolute atomic E-state index is 0.113. The van der Waals surface area contributed by atoms with Crippen LogP contribution in [0.5, 0.6) is 0 Å². The number of ketones is 1. The number of carbonyl (C=O) groups excluding carboxylic acids is 1. The van der Waals surface area contributed by atoms with Crippen molar-refractivity contribution >= 4 is 5.78 Å². The number of Topliss-reactive ketones (excluding diaryl/α,β-unsaturated/α-hetero) is 1. The van der Waals surface area contributed by atoms with Crippen LogP contribution in [0.3, 0.4) is 0 Å². The summed E-state index contributed by atoms with van der Waals surface area (Å²) in [7, 11) is 1.94. The maximum Gasteiger partial charge on any atom is 0.133 e. The van der Waals surface area contributed by atoms with E-state index in [0.717, 1.165) is 18.7 Å². The molecule has 1 aromatic rings. The Morgan fingerprint density at radius 1 is 1.60 bits per heavy atom. The Morgan fingerprint density at radius 3 is 2.87 bits per heavy atom. The molecular weight excluding hydrogens is 190 g/mol. The molecule has 0 amide bonds. The number of imidazole rings is 1. The first-order chi connectivity index (χ1) is 7.09. The molecular formula is C11H19N3O. The predicted molar refractivity (Wildman–Crippen MR) is 59.4 cm³/mol. The first kappa shape index (κ1) is 11.9. The van der Waals surface area contributed by atoms with E-state index in [9.17, 15) is 4.79 Å². The standard InChI is InChI=1S/C11H19N3O/c1-9(12)3-4-10(15)5-6-11-13-7-8-14(11)2/h7-9H,3-6,12H2,1-2H3. The second-order valence-corrected chi connectivity index (χ2v) is 4.01. The van der Waals surface area contributed by atoms with Gasteiger partial charge in [0.1, 0.15) is 11.6 Å². The average Bonchev–Trinajstić information content (AvgIpc) is 2.58. The summed E-state index contributed by atoms with van der Waals surface area (Å²) in [5.41, 5.74) is 5.59. The zero-order valence-corrected chi connectivity index (χ0v) is 9.44.